The number of imidazole rings is 1. The number of benzene rings is 1. The Kier molecular flexibility index (Phi) is 3.23. The first-order valence-electron chi connectivity index (χ1n) is 8.26. The van der Waals surface area contributed by atoms with E-state index < -0.39 is 0 Å². The lowest BCUT2D eigenvalue weighted by Gasteiger charge is -2.32. The summed E-state index contributed by atoms with van der Waals surface area (Å²) in [5.74, 6) is 2.69. The molecule has 1 saturated heterocycles. The summed E-state index contributed by atoms with van der Waals surface area (Å²) >= 11 is 1.67. The lowest BCUT2D eigenvalue weighted by Crippen LogP contribution is -2.33. The minimum atomic E-state index is 0.494. The van der Waals surface area contributed by atoms with Crippen molar-refractivity contribution in [2.45, 2.75) is 18.8 Å². The molecule has 120 valence electrons. The number of aromatic amines is 1. The summed E-state index contributed by atoms with van der Waals surface area (Å²) in [7, 11) is 0. The Morgan fingerprint density at radius 3 is 2.83 bits per heavy atom. The van der Waals surface area contributed by atoms with E-state index in [1.54, 1.807) is 17.7 Å². The quantitative estimate of drug-likeness (QED) is 0.602. The topological polar surface area (TPSA) is 57.7 Å². The number of aromatic nitrogens is 4. The standard InChI is InChI=1S/C18H17N5S/c1-2-4-15-14(3-1)21-16(22-15)12-5-8-23(9-6-12)17-13-7-10-24-18(13)20-11-19-17/h1-4,7,10-12H,5-6,8-9H2,(H,21,22). The smallest absolute Gasteiger partial charge is 0.140 e. The molecule has 0 bridgehead atoms. The van der Waals surface area contributed by atoms with Gasteiger partial charge in [-0.1, -0.05) is 12.1 Å². The number of hydrogen-bond donors (Lipinski definition) is 1. The van der Waals surface area contributed by atoms with E-state index >= 15 is 0 Å². The van der Waals surface area contributed by atoms with E-state index in [9.17, 15) is 0 Å². The van der Waals surface area contributed by atoms with Crippen LogP contribution in [0.4, 0.5) is 5.82 Å². The molecule has 1 N–H and O–H groups in total. The van der Waals surface area contributed by atoms with E-state index in [-0.39, 0.29) is 0 Å². The van der Waals surface area contributed by atoms with Gasteiger partial charge in [-0.25, -0.2) is 15.0 Å². The number of fused-ring (bicyclic) bond motifs is 2. The number of rotatable bonds is 2. The van der Waals surface area contributed by atoms with Crippen LogP contribution in [-0.2, 0) is 0 Å². The van der Waals surface area contributed by atoms with Gasteiger partial charge < -0.3 is 9.88 Å². The van der Waals surface area contributed by atoms with Crippen LogP contribution in [0.5, 0.6) is 0 Å². The van der Waals surface area contributed by atoms with Crippen molar-refractivity contribution in [2.75, 3.05) is 18.0 Å². The highest BCUT2D eigenvalue weighted by Crippen LogP contribution is 2.33. The van der Waals surface area contributed by atoms with Gasteiger partial charge in [0, 0.05) is 19.0 Å². The van der Waals surface area contributed by atoms with Crippen LogP contribution < -0.4 is 4.90 Å². The maximum Gasteiger partial charge on any atom is 0.140 e. The Hall–Kier alpha value is -2.47. The summed E-state index contributed by atoms with van der Waals surface area (Å²) in [5, 5.41) is 3.26. The Morgan fingerprint density at radius 1 is 1.08 bits per heavy atom. The fourth-order valence-corrected chi connectivity index (χ4v) is 4.29. The van der Waals surface area contributed by atoms with Crippen molar-refractivity contribution in [1.29, 1.82) is 0 Å². The third kappa shape index (κ3) is 2.26. The van der Waals surface area contributed by atoms with Crippen molar-refractivity contribution < 1.29 is 0 Å². The van der Waals surface area contributed by atoms with Gasteiger partial charge in [0.05, 0.1) is 16.4 Å². The molecule has 0 radical (unpaired) electrons. The van der Waals surface area contributed by atoms with Crippen LogP contribution >= 0.6 is 11.3 Å². The number of nitrogens with one attached hydrogen (secondary N) is 1. The number of thiophene rings is 1. The summed E-state index contributed by atoms with van der Waals surface area (Å²) in [6.07, 6.45) is 3.87. The predicted molar refractivity (Wildman–Crippen MR) is 97.7 cm³/mol. The van der Waals surface area contributed by atoms with E-state index in [4.69, 9.17) is 4.98 Å². The molecule has 5 rings (SSSR count). The first-order chi connectivity index (χ1) is 11.9. The van der Waals surface area contributed by atoms with Crippen molar-refractivity contribution in [3.05, 3.63) is 47.9 Å². The zero-order chi connectivity index (χ0) is 15.9. The van der Waals surface area contributed by atoms with Crippen molar-refractivity contribution in [1.82, 2.24) is 19.9 Å². The Labute approximate surface area is 143 Å². The van der Waals surface area contributed by atoms with Gasteiger partial charge in [0.15, 0.2) is 0 Å². The largest absolute Gasteiger partial charge is 0.356 e. The van der Waals surface area contributed by atoms with Crippen molar-refractivity contribution in [2.24, 2.45) is 0 Å². The third-order valence-electron chi connectivity index (χ3n) is 4.83. The highest BCUT2D eigenvalue weighted by molar-refractivity contribution is 7.16. The number of nitrogens with zero attached hydrogens (tertiary/aromatic N) is 4. The summed E-state index contributed by atoms with van der Waals surface area (Å²) in [5.41, 5.74) is 2.19. The van der Waals surface area contributed by atoms with Crippen LogP contribution in [-0.4, -0.2) is 33.0 Å². The second-order valence-electron chi connectivity index (χ2n) is 6.24. The van der Waals surface area contributed by atoms with Gasteiger partial charge in [0.1, 0.15) is 22.8 Å². The molecule has 1 fully saturated rings. The molecule has 0 unspecified atom stereocenters. The molecule has 24 heavy (non-hydrogen) atoms. The second kappa shape index (κ2) is 5.56. The van der Waals surface area contributed by atoms with Gasteiger partial charge in [0.2, 0.25) is 0 Å². The van der Waals surface area contributed by atoms with Crippen LogP contribution in [0.15, 0.2) is 42.0 Å². The van der Waals surface area contributed by atoms with Gasteiger partial charge in [-0.3, -0.25) is 0 Å². The molecule has 0 aliphatic carbocycles. The summed E-state index contributed by atoms with van der Waals surface area (Å²) in [6, 6.07) is 10.4. The average molecular weight is 335 g/mol. The van der Waals surface area contributed by atoms with Gasteiger partial charge in [0.25, 0.3) is 0 Å². The molecule has 4 aromatic rings. The molecular weight excluding hydrogens is 318 g/mol. The minimum Gasteiger partial charge on any atom is -0.356 e. The molecular formula is C18H17N5S. The Bertz CT molecular complexity index is 964. The van der Waals surface area contributed by atoms with Crippen LogP contribution in [0.2, 0.25) is 0 Å². The maximum atomic E-state index is 4.78. The van der Waals surface area contributed by atoms with Crippen molar-refractivity contribution in [3.8, 4) is 0 Å². The zero-order valence-electron chi connectivity index (χ0n) is 13.1. The molecule has 1 aliphatic rings. The van der Waals surface area contributed by atoms with Gasteiger partial charge >= 0.3 is 0 Å². The number of H-pyrrole nitrogens is 1. The number of piperidine rings is 1. The first kappa shape index (κ1) is 13.9. The first-order valence-corrected chi connectivity index (χ1v) is 9.14. The molecule has 3 aromatic heterocycles. The SMILES string of the molecule is c1ccc2[nH]c(C3CCN(c4ncnc5sccc45)CC3)nc2c1. The normalized spacial score (nSPS) is 16.2. The molecule has 1 aromatic carbocycles. The number of hydrogen-bond acceptors (Lipinski definition) is 5. The molecule has 0 amide bonds. The molecule has 1 aliphatic heterocycles. The van der Waals surface area contributed by atoms with Crippen molar-refractivity contribution >= 4 is 38.4 Å². The second-order valence-corrected chi connectivity index (χ2v) is 7.13. The maximum absolute atomic E-state index is 4.78. The van der Waals surface area contributed by atoms with Gasteiger partial charge in [-0.2, -0.15) is 0 Å². The van der Waals surface area contributed by atoms with Crippen molar-refractivity contribution in [3.63, 3.8) is 0 Å². The van der Waals surface area contributed by atoms with E-state index in [2.05, 4.69) is 43.4 Å². The molecule has 0 spiro atoms. The summed E-state index contributed by atoms with van der Waals surface area (Å²) in [6.45, 7) is 2.01. The van der Waals surface area contributed by atoms with Gasteiger partial charge in [-0.05, 0) is 36.4 Å². The van der Waals surface area contributed by atoms with Gasteiger partial charge in [-0.15, -0.1) is 11.3 Å². The predicted octanol–water partition coefficient (Wildman–Crippen LogP) is 3.95. The highest BCUT2D eigenvalue weighted by Gasteiger charge is 2.25. The average Bonchev–Trinajstić information content (AvgIpc) is 3.28. The molecule has 0 atom stereocenters. The van der Waals surface area contributed by atoms with Crippen LogP contribution in [0.25, 0.3) is 21.3 Å². The van der Waals surface area contributed by atoms with E-state index in [0.29, 0.717) is 5.92 Å². The Morgan fingerprint density at radius 2 is 1.96 bits per heavy atom. The number of anilines is 1. The molecule has 5 nitrogen and oxygen atoms in total. The number of para-hydroxylation sites is 2. The monoisotopic (exact) mass is 335 g/mol. The Balaban J connectivity index is 1.38. The summed E-state index contributed by atoms with van der Waals surface area (Å²) in [4.78, 5) is 20.6. The van der Waals surface area contributed by atoms with Crippen LogP contribution in [0.1, 0.15) is 24.6 Å². The lowest BCUT2D eigenvalue weighted by molar-refractivity contribution is 0.488. The van der Waals surface area contributed by atoms with E-state index in [0.717, 1.165) is 53.4 Å². The third-order valence-corrected chi connectivity index (χ3v) is 5.65. The fourth-order valence-electron chi connectivity index (χ4n) is 3.56. The zero-order valence-corrected chi connectivity index (χ0v) is 14.0. The molecule has 0 saturated carbocycles. The minimum absolute atomic E-state index is 0.494. The van der Waals surface area contributed by atoms with Crippen LogP contribution in [0, 0.1) is 0 Å². The fraction of sp³-hybridized carbons (Fsp3) is 0.278. The highest BCUT2D eigenvalue weighted by atomic mass is 32.1. The molecule has 4 heterocycles. The molecule has 6 heteroatoms. The lowest BCUT2D eigenvalue weighted by atomic mass is 9.96. The van der Waals surface area contributed by atoms with Crippen LogP contribution in [0.3, 0.4) is 0 Å². The van der Waals surface area contributed by atoms with E-state index in [1.807, 2.05) is 12.1 Å². The van der Waals surface area contributed by atoms with E-state index in [1.165, 1.54) is 5.39 Å². The summed E-state index contributed by atoms with van der Waals surface area (Å²) < 4.78 is 0.